The quantitative estimate of drug-likeness (QED) is 0.501. The molecule has 196 valence electrons. The van der Waals surface area contributed by atoms with Gasteiger partial charge in [0.25, 0.3) is 11.8 Å². The maximum Gasteiger partial charge on any atom is 0.350 e. The average molecular weight is 536 g/mol. The van der Waals surface area contributed by atoms with E-state index in [2.05, 4.69) is 10.6 Å². The minimum absolute atomic E-state index is 0.0775. The number of hydrogen-bond donors (Lipinski definition) is 2. The zero-order chi connectivity index (χ0) is 26.5. The number of halogens is 6. The standard InChI is InChI=1S/C23H23ClF5N3O4/c24-14-3-1-2-13(7-14)23(28,29)20(36)32-15-8-21(32,11-22(26,27)9-15)19(35)31-16(17(33)10-25)6-12-4-5-30-18(12)34/h1-3,7,12,15-16H,4-6,8-11H2,(H,30,34)(H,31,35)/t12-,15-,16-,21+/m0/s1. The largest absolute Gasteiger partial charge is 0.356 e. The maximum atomic E-state index is 15.2. The van der Waals surface area contributed by atoms with Crippen molar-refractivity contribution in [3.05, 3.63) is 34.9 Å². The molecule has 4 atom stereocenters. The van der Waals surface area contributed by atoms with Crippen LogP contribution in [0.1, 0.15) is 37.7 Å². The van der Waals surface area contributed by atoms with Crippen LogP contribution in [0.25, 0.3) is 0 Å². The molecule has 2 bridgehead atoms. The molecule has 0 aromatic heterocycles. The summed E-state index contributed by atoms with van der Waals surface area (Å²) in [5, 5.41) is 4.64. The molecule has 0 spiro atoms. The number of ketones is 1. The Morgan fingerprint density at radius 1 is 1.25 bits per heavy atom. The SMILES string of the molecule is O=C1NCC[C@H]1C[C@H](NC(=O)[C@@]12C[C@@H](CC(F)(F)C1)N2C(=O)C(F)(F)c1cccc(Cl)c1)C(=O)CF. The molecule has 4 rings (SSSR count). The van der Waals surface area contributed by atoms with E-state index in [0.717, 1.165) is 12.1 Å². The predicted octanol–water partition coefficient (Wildman–Crippen LogP) is 2.75. The van der Waals surface area contributed by atoms with Crippen LogP contribution in [-0.4, -0.2) is 65.2 Å². The first kappa shape index (κ1) is 26.3. The van der Waals surface area contributed by atoms with Gasteiger partial charge in [-0.05, 0) is 25.0 Å². The van der Waals surface area contributed by atoms with Gasteiger partial charge in [-0.2, -0.15) is 8.78 Å². The zero-order valence-corrected chi connectivity index (χ0v) is 19.6. The molecule has 3 amide bonds. The summed E-state index contributed by atoms with van der Waals surface area (Å²) in [5.74, 6) is -13.0. The van der Waals surface area contributed by atoms with Gasteiger partial charge in [0.1, 0.15) is 12.2 Å². The molecule has 0 unspecified atom stereocenters. The monoisotopic (exact) mass is 535 g/mol. The van der Waals surface area contributed by atoms with Crippen molar-refractivity contribution in [2.45, 2.75) is 61.6 Å². The van der Waals surface area contributed by atoms with Crippen LogP contribution >= 0.6 is 11.6 Å². The van der Waals surface area contributed by atoms with Crippen LogP contribution in [0.5, 0.6) is 0 Å². The molecule has 0 radical (unpaired) electrons. The van der Waals surface area contributed by atoms with E-state index in [9.17, 15) is 32.3 Å². The first-order chi connectivity index (χ1) is 16.8. The second-order valence-electron chi connectivity index (χ2n) is 9.52. The van der Waals surface area contributed by atoms with Crippen LogP contribution < -0.4 is 10.6 Å². The van der Waals surface area contributed by atoms with Gasteiger partial charge in [0.2, 0.25) is 11.8 Å². The Balaban J connectivity index is 1.62. The fourth-order valence-corrected chi connectivity index (χ4v) is 5.58. The highest BCUT2D eigenvalue weighted by atomic mass is 35.5. The van der Waals surface area contributed by atoms with Gasteiger partial charge in [0.05, 0.1) is 6.04 Å². The predicted molar refractivity (Wildman–Crippen MR) is 116 cm³/mol. The van der Waals surface area contributed by atoms with Gasteiger partial charge in [0.15, 0.2) is 5.78 Å². The molecule has 1 aliphatic carbocycles. The number of nitrogens with one attached hydrogen (secondary N) is 2. The summed E-state index contributed by atoms with van der Waals surface area (Å²) in [6.45, 7) is -1.19. The number of carbonyl (C=O) groups is 4. The summed E-state index contributed by atoms with van der Waals surface area (Å²) in [6, 6.07) is 1.42. The van der Waals surface area contributed by atoms with Gasteiger partial charge in [-0.1, -0.05) is 23.7 Å². The summed E-state index contributed by atoms with van der Waals surface area (Å²) in [5.41, 5.74) is -3.14. The van der Waals surface area contributed by atoms with E-state index in [1.54, 1.807) is 0 Å². The summed E-state index contributed by atoms with van der Waals surface area (Å²) >= 11 is 5.76. The number of nitrogens with zero attached hydrogens (tertiary/aromatic N) is 1. The van der Waals surface area contributed by atoms with Crippen molar-refractivity contribution >= 4 is 35.1 Å². The van der Waals surface area contributed by atoms with E-state index >= 15 is 8.78 Å². The molecule has 1 saturated carbocycles. The smallest absolute Gasteiger partial charge is 0.350 e. The Morgan fingerprint density at radius 2 is 1.97 bits per heavy atom. The van der Waals surface area contributed by atoms with Crippen molar-refractivity contribution in [2.75, 3.05) is 13.2 Å². The number of alkyl halides is 5. The van der Waals surface area contributed by atoms with E-state index in [1.165, 1.54) is 12.1 Å². The Labute approximate surface area is 207 Å². The molecular weight excluding hydrogens is 513 g/mol. The van der Waals surface area contributed by atoms with Crippen LogP contribution in [0.4, 0.5) is 22.0 Å². The van der Waals surface area contributed by atoms with E-state index < -0.39 is 84.0 Å². The van der Waals surface area contributed by atoms with E-state index in [4.69, 9.17) is 11.6 Å². The average Bonchev–Trinajstić information content (AvgIpc) is 3.20. The van der Waals surface area contributed by atoms with Crippen LogP contribution in [0, 0.1) is 5.92 Å². The molecular formula is C23H23ClF5N3O4. The van der Waals surface area contributed by atoms with Gasteiger partial charge in [-0.3, -0.25) is 19.2 Å². The molecule has 13 heteroatoms. The summed E-state index contributed by atoms with van der Waals surface area (Å²) < 4.78 is 72.4. The molecule has 1 aromatic carbocycles. The third-order valence-electron chi connectivity index (χ3n) is 7.09. The number of benzene rings is 1. The maximum absolute atomic E-state index is 15.2. The first-order valence-electron chi connectivity index (χ1n) is 11.3. The van der Waals surface area contributed by atoms with E-state index in [0.29, 0.717) is 17.9 Å². The second-order valence-corrected chi connectivity index (χ2v) is 9.96. The van der Waals surface area contributed by atoms with Crippen LogP contribution in [0.2, 0.25) is 5.02 Å². The molecule has 1 aromatic rings. The van der Waals surface area contributed by atoms with Crippen molar-refractivity contribution < 1.29 is 41.1 Å². The van der Waals surface area contributed by atoms with Crippen molar-refractivity contribution in [3.63, 3.8) is 0 Å². The Morgan fingerprint density at radius 3 is 2.58 bits per heavy atom. The number of likely N-dealkylation sites (tertiary alicyclic amines) is 1. The number of Topliss-reactive ketones (excluding diaryl/α,β-unsaturated/α-hetero) is 1. The van der Waals surface area contributed by atoms with Crippen molar-refractivity contribution in [3.8, 4) is 0 Å². The van der Waals surface area contributed by atoms with Gasteiger partial charge in [-0.25, -0.2) is 13.2 Å². The fraction of sp³-hybridized carbons (Fsp3) is 0.565. The number of amides is 3. The Kier molecular flexibility index (Phi) is 6.78. The third kappa shape index (κ3) is 4.55. The van der Waals surface area contributed by atoms with E-state index in [1.807, 2.05) is 0 Å². The summed E-state index contributed by atoms with van der Waals surface area (Å²) in [7, 11) is 0. The number of piperidine rings is 1. The van der Waals surface area contributed by atoms with Crippen LogP contribution in [0.3, 0.4) is 0 Å². The molecule has 2 aliphatic heterocycles. The highest BCUT2D eigenvalue weighted by Crippen LogP contribution is 2.55. The third-order valence-corrected chi connectivity index (χ3v) is 7.33. The number of hydrogen-bond acceptors (Lipinski definition) is 4. The van der Waals surface area contributed by atoms with E-state index in [-0.39, 0.29) is 17.9 Å². The second kappa shape index (κ2) is 9.28. The van der Waals surface area contributed by atoms with Gasteiger partial charge in [0, 0.05) is 48.4 Å². The normalized spacial score (nSPS) is 27.6. The zero-order valence-electron chi connectivity index (χ0n) is 18.8. The lowest BCUT2D eigenvalue weighted by Crippen LogP contribution is -2.80. The van der Waals surface area contributed by atoms with Crippen molar-refractivity contribution in [1.82, 2.24) is 15.5 Å². The Bertz CT molecular complexity index is 1100. The molecule has 3 fully saturated rings. The molecule has 3 aliphatic rings. The molecule has 2 heterocycles. The lowest BCUT2D eigenvalue weighted by molar-refractivity contribution is -0.225. The minimum atomic E-state index is -4.18. The molecule has 7 nitrogen and oxygen atoms in total. The van der Waals surface area contributed by atoms with Gasteiger partial charge < -0.3 is 15.5 Å². The fourth-order valence-electron chi connectivity index (χ4n) is 5.39. The Hall–Kier alpha value is -2.76. The van der Waals surface area contributed by atoms with Gasteiger partial charge >= 0.3 is 5.92 Å². The highest BCUT2D eigenvalue weighted by Gasteiger charge is 2.70. The molecule has 2 saturated heterocycles. The molecule has 36 heavy (non-hydrogen) atoms. The topological polar surface area (TPSA) is 95.6 Å². The van der Waals surface area contributed by atoms with Crippen LogP contribution in [-0.2, 0) is 25.1 Å². The lowest BCUT2D eigenvalue weighted by Gasteiger charge is -2.62. The van der Waals surface area contributed by atoms with Crippen molar-refractivity contribution in [1.29, 1.82) is 0 Å². The lowest BCUT2D eigenvalue weighted by atomic mass is 9.65. The summed E-state index contributed by atoms with van der Waals surface area (Å²) in [6.07, 6.45) is -2.45. The molecule has 2 N–H and O–H groups in total. The number of fused-ring (bicyclic) bond motifs is 2. The van der Waals surface area contributed by atoms with Crippen LogP contribution in [0.15, 0.2) is 24.3 Å². The number of carbonyl (C=O) groups excluding carboxylic acids is 4. The first-order valence-corrected chi connectivity index (χ1v) is 11.7. The minimum Gasteiger partial charge on any atom is -0.356 e. The van der Waals surface area contributed by atoms with Crippen molar-refractivity contribution in [2.24, 2.45) is 5.92 Å². The highest BCUT2D eigenvalue weighted by molar-refractivity contribution is 6.30. The summed E-state index contributed by atoms with van der Waals surface area (Å²) in [4.78, 5) is 50.8. The van der Waals surface area contributed by atoms with Gasteiger partial charge in [-0.15, -0.1) is 0 Å². The number of rotatable bonds is 8.